The van der Waals surface area contributed by atoms with Crippen molar-refractivity contribution in [1.29, 1.82) is 0 Å². The molecule has 0 aliphatic rings. The molecule has 2 aromatic carbocycles. The molecule has 1 aromatic heterocycles. The quantitative estimate of drug-likeness (QED) is 0.296. The molecule has 0 aliphatic carbocycles. The van der Waals surface area contributed by atoms with E-state index in [9.17, 15) is 9.18 Å². The van der Waals surface area contributed by atoms with Gasteiger partial charge in [-0.3, -0.25) is 0 Å². The number of aromatic nitrogens is 1. The van der Waals surface area contributed by atoms with E-state index in [1.807, 2.05) is 28.8 Å². The number of hydrogen-bond acceptors (Lipinski definition) is 3. The van der Waals surface area contributed by atoms with E-state index in [1.165, 1.54) is 12.1 Å². The standard InChI is InChI=1S/C21H18Br2FNO3/c1-3-28-21(26)18-17(12-22)25(15-8-10-16(27-2)11-9-15)20(19(18)23)13-4-6-14(24)7-5-13/h4-11H,3,12H2,1-2H3. The first-order chi connectivity index (χ1) is 13.5. The predicted octanol–water partition coefficient (Wildman–Crippen LogP) is 6.13. The number of rotatable bonds is 6. The fourth-order valence-corrected chi connectivity index (χ4v) is 4.34. The molecule has 0 saturated heterocycles. The van der Waals surface area contributed by atoms with Crippen LogP contribution in [0.25, 0.3) is 16.9 Å². The Bertz CT molecular complexity index is 982. The Balaban J connectivity index is 2.31. The summed E-state index contributed by atoms with van der Waals surface area (Å²) >= 11 is 7.09. The van der Waals surface area contributed by atoms with Crippen molar-refractivity contribution in [2.75, 3.05) is 13.7 Å². The number of halogens is 3. The Hall–Kier alpha value is -2.12. The molecule has 0 radical (unpaired) electrons. The maximum Gasteiger partial charge on any atom is 0.341 e. The molecule has 4 nitrogen and oxygen atoms in total. The number of esters is 1. The number of carbonyl (C=O) groups is 1. The van der Waals surface area contributed by atoms with Crippen LogP contribution in [0.5, 0.6) is 5.75 Å². The van der Waals surface area contributed by atoms with Crippen LogP contribution in [-0.2, 0) is 10.1 Å². The molecule has 28 heavy (non-hydrogen) atoms. The third-order valence-corrected chi connectivity index (χ3v) is 5.57. The van der Waals surface area contributed by atoms with E-state index in [-0.39, 0.29) is 12.4 Å². The van der Waals surface area contributed by atoms with E-state index in [1.54, 1.807) is 26.2 Å². The van der Waals surface area contributed by atoms with Gasteiger partial charge in [-0.25, -0.2) is 9.18 Å². The summed E-state index contributed by atoms with van der Waals surface area (Å²) in [4.78, 5) is 12.7. The second-order valence-corrected chi connectivity index (χ2v) is 7.23. The molecule has 1 heterocycles. The summed E-state index contributed by atoms with van der Waals surface area (Å²) in [5, 5.41) is 0.424. The average molecular weight is 511 g/mol. The van der Waals surface area contributed by atoms with E-state index < -0.39 is 5.97 Å². The van der Waals surface area contributed by atoms with E-state index in [0.29, 0.717) is 15.4 Å². The highest BCUT2D eigenvalue weighted by Crippen LogP contribution is 2.40. The highest BCUT2D eigenvalue weighted by atomic mass is 79.9. The van der Waals surface area contributed by atoms with Crippen LogP contribution in [-0.4, -0.2) is 24.3 Å². The fourth-order valence-electron chi connectivity index (χ4n) is 3.01. The molecular formula is C21H18Br2FNO3. The predicted molar refractivity (Wildman–Crippen MR) is 114 cm³/mol. The number of methoxy groups -OCH3 is 1. The summed E-state index contributed by atoms with van der Waals surface area (Å²) in [6, 6.07) is 13.7. The van der Waals surface area contributed by atoms with Gasteiger partial charge < -0.3 is 14.0 Å². The van der Waals surface area contributed by atoms with Gasteiger partial charge in [0.05, 0.1) is 29.4 Å². The highest BCUT2D eigenvalue weighted by molar-refractivity contribution is 9.10. The second kappa shape index (κ2) is 8.92. The van der Waals surface area contributed by atoms with Crippen molar-refractivity contribution in [2.45, 2.75) is 12.3 Å². The first-order valence-corrected chi connectivity index (χ1v) is 10.5. The zero-order chi connectivity index (χ0) is 20.3. The van der Waals surface area contributed by atoms with Gasteiger partial charge in [-0.15, -0.1) is 0 Å². The van der Waals surface area contributed by atoms with Gasteiger partial charge in [-0.05, 0) is 76.9 Å². The number of alkyl halides is 1. The van der Waals surface area contributed by atoms with E-state index >= 15 is 0 Å². The fraction of sp³-hybridized carbons (Fsp3) is 0.190. The summed E-state index contributed by atoms with van der Waals surface area (Å²) in [6.45, 7) is 2.04. The third-order valence-electron chi connectivity index (χ3n) is 4.26. The van der Waals surface area contributed by atoms with Crippen LogP contribution in [0.2, 0.25) is 0 Å². The highest BCUT2D eigenvalue weighted by Gasteiger charge is 2.28. The Morgan fingerprint density at radius 2 is 1.75 bits per heavy atom. The number of ether oxygens (including phenoxy) is 2. The normalized spacial score (nSPS) is 10.8. The number of carbonyl (C=O) groups excluding carboxylic acids is 1. The molecular weight excluding hydrogens is 493 g/mol. The molecule has 3 rings (SSSR count). The minimum atomic E-state index is -0.417. The van der Waals surface area contributed by atoms with Crippen LogP contribution in [0.4, 0.5) is 4.39 Å². The maximum atomic E-state index is 13.5. The second-order valence-electron chi connectivity index (χ2n) is 5.88. The van der Waals surface area contributed by atoms with Crippen molar-refractivity contribution in [3.05, 3.63) is 70.1 Å². The van der Waals surface area contributed by atoms with Crippen LogP contribution in [0, 0.1) is 5.82 Å². The van der Waals surface area contributed by atoms with E-state index in [4.69, 9.17) is 9.47 Å². The number of hydrogen-bond donors (Lipinski definition) is 0. The van der Waals surface area contributed by atoms with Crippen LogP contribution < -0.4 is 4.74 Å². The van der Waals surface area contributed by atoms with E-state index in [0.717, 1.165) is 28.4 Å². The number of nitrogens with zero attached hydrogens (tertiary/aromatic N) is 1. The average Bonchev–Trinajstić information content (AvgIpc) is 3.01. The minimum Gasteiger partial charge on any atom is -0.497 e. The van der Waals surface area contributed by atoms with Crippen molar-refractivity contribution in [1.82, 2.24) is 4.57 Å². The first kappa shape index (κ1) is 20.6. The Morgan fingerprint density at radius 1 is 1.11 bits per heavy atom. The lowest BCUT2D eigenvalue weighted by Crippen LogP contribution is -2.08. The van der Waals surface area contributed by atoms with Crippen LogP contribution in [0.1, 0.15) is 23.0 Å². The van der Waals surface area contributed by atoms with Gasteiger partial charge in [0.1, 0.15) is 11.6 Å². The minimum absolute atomic E-state index is 0.270. The molecule has 0 unspecified atom stereocenters. The lowest BCUT2D eigenvalue weighted by atomic mass is 10.1. The van der Waals surface area contributed by atoms with Crippen LogP contribution >= 0.6 is 31.9 Å². The molecule has 3 aromatic rings. The molecule has 0 spiro atoms. The lowest BCUT2D eigenvalue weighted by Gasteiger charge is -2.14. The molecule has 0 amide bonds. The largest absolute Gasteiger partial charge is 0.497 e. The summed E-state index contributed by atoms with van der Waals surface area (Å²) in [7, 11) is 1.61. The van der Waals surface area contributed by atoms with Gasteiger partial charge in [-0.2, -0.15) is 0 Å². The van der Waals surface area contributed by atoms with E-state index in [2.05, 4.69) is 31.9 Å². The summed E-state index contributed by atoms with van der Waals surface area (Å²) in [5.74, 6) is -0.0162. The molecule has 7 heteroatoms. The lowest BCUT2D eigenvalue weighted by molar-refractivity contribution is 0.0524. The van der Waals surface area contributed by atoms with Gasteiger partial charge in [0.25, 0.3) is 0 Å². The summed E-state index contributed by atoms with van der Waals surface area (Å²) in [5.41, 5.74) is 3.51. The Morgan fingerprint density at radius 3 is 2.29 bits per heavy atom. The van der Waals surface area contributed by atoms with Crippen molar-refractivity contribution in [3.8, 4) is 22.7 Å². The van der Waals surface area contributed by atoms with Gasteiger partial charge in [-0.1, -0.05) is 15.9 Å². The van der Waals surface area contributed by atoms with Gasteiger partial charge in [0, 0.05) is 16.7 Å². The number of benzene rings is 2. The zero-order valence-corrected chi connectivity index (χ0v) is 18.5. The van der Waals surface area contributed by atoms with Crippen molar-refractivity contribution in [3.63, 3.8) is 0 Å². The molecule has 0 N–H and O–H groups in total. The zero-order valence-electron chi connectivity index (χ0n) is 15.3. The molecule has 0 fully saturated rings. The molecule has 0 atom stereocenters. The molecule has 146 valence electrons. The van der Waals surface area contributed by atoms with Crippen molar-refractivity contribution < 1.29 is 18.7 Å². The van der Waals surface area contributed by atoms with Gasteiger partial charge >= 0.3 is 5.97 Å². The first-order valence-electron chi connectivity index (χ1n) is 8.58. The SMILES string of the molecule is CCOC(=O)c1c(Br)c(-c2ccc(F)cc2)n(-c2ccc(OC)cc2)c1CBr. The Kier molecular flexibility index (Phi) is 6.57. The summed E-state index contributed by atoms with van der Waals surface area (Å²) in [6.07, 6.45) is 0. The third kappa shape index (κ3) is 3.86. The van der Waals surface area contributed by atoms with Crippen LogP contribution in [0.3, 0.4) is 0 Å². The summed E-state index contributed by atoms with van der Waals surface area (Å²) < 4.78 is 26.5. The molecule has 0 bridgehead atoms. The molecule has 0 aliphatic heterocycles. The Labute approximate surface area is 179 Å². The monoisotopic (exact) mass is 509 g/mol. The van der Waals surface area contributed by atoms with Gasteiger partial charge in [0.2, 0.25) is 0 Å². The van der Waals surface area contributed by atoms with Gasteiger partial charge in [0.15, 0.2) is 0 Å². The molecule has 0 saturated carbocycles. The van der Waals surface area contributed by atoms with Crippen LogP contribution in [0.15, 0.2) is 53.0 Å². The maximum absolute atomic E-state index is 13.5. The topological polar surface area (TPSA) is 40.5 Å². The van der Waals surface area contributed by atoms with Crippen molar-refractivity contribution in [2.24, 2.45) is 0 Å². The van der Waals surface area contributed by atoms with Crippen molar-refractivity contribution >= 4 is 37.8 Å². The smallest absolute Gasteiger partial charge is 0.341 e.